The molecule has 0 aliphatic rings. The summed E-state index contributed by atoms with van der Waals surface area (Å²) in [5.41, 5.74) is 1.78. The molecule has 0 aromatic heterocycles. The summed E-state index contributed by atoms with van der Waals surface area (Å²) < 4.78 is 5.74. The molecule has 0 bridgehead atoms. The lowest BCUT2D eigenvalue weighted by atomic mass is 10.0. The summed E-state index contributed by atoms with van der Waals surface area (Å²) in [6, 6.07) is 20.8. The summed E-state index contributed by atoms with van der Waals surface area (Å²) in [5.74, 6) is -0.235. The van der Waals surface area contributed by atoms with E-state index >= 15 is 0 Å². The van der Waals surface area contributed by atoms with E-state index in [1.165, 1.54) is 0 Å². The molecule has 3 aromatic carbocycles. The van der Waals surface area contributed by atoms with Crippen LogP contribution >= 0.6 is 34.8 Å². The van der Waals surface area contributed by atoms with Gasteiger partial charge < -0.3 is 15.0 Å². The maximum Gasteiger partial charge on any atom is 0.261 e. The second kappa shape index (κ2) is 13.5. The molecular formula is C28H29Cl3N2O3. The third kappa shape index (κ3) is 8.16. The Morgan fingerprint density at radius 1 is 0.917 bits per heavy atom. The van der Waals surface area contributed by atoms with E-state index < -0.39 is 6.04 Å². The van der Waals surface area contributed by atoms with Crippen molar-refractivity contribution in [1.82, 2.24) is 10.2 Å². The molecule has 3 rings (SSSR count). The van der Waals surface area contributed by atoms with Crippen molar-refractivity contribution in [1.29, 1.82) is 0 Å². The quantitative estimate of drug-likeness (QED) is 0.295. The molecule has 2 atom stereocenters. The Bertz CT molecular complexity index is 1160. The Hall–Kier alpha value is -2.73. The van der Waals surface area contributed by atoms with E-state index in [4.69, 9.17) is 39.5 Å². The van der Waals surface area contributed by atoms with Crippen LogP contribution in [-0.4, -0.2) is 35.4 Å². The van der Waals surface area contributed by atoms with Crippen LogP contribution in [0.2, 0.25) is 15.1 Å². The lowest BCUT2D eigenvalue weighted by Gasteiger charge is -2.32. The van der Waals surface area contributed by atoms with Gasteiger partial charge in [0.25, 0.3) is 5.91 Å². The molecule has 2 amide bonds. The summed E-state index contributed by atoms with van der Waals surface area (Å²) in [5, 5.41) is 4.40. The fourth-order valence-electron chi connectivity index (χ4n) is 3.60. The molecule has 8 heteroatoms. The average molecular weight is 548 g/mol. The average Bonchev–Trinajstić information content (AvgIpc) is 2.87. The molecule has 0 aliphatic heterocycles. The molecule has 5 nitrogen and oxygen atoms in total. The van der Waals surface area contributed by atoms with Gasteiger partial charge in [-0.15, -0.1) is 0 Å². The zero-order chi connectivity index (χ0) is 26.1. The Morgan fingerprint density at radius 3 is 2.22 bits per heavy atom. The third-order valence-corrected chi connectivity index (χ3v) is 6.57. The second-order valence-electron chi connectivity index (χ2n) is 8.53. The molecular weight excluding hydrogens is 519 g/mol. The third-order valence-electron chi connectivity index (χ3n) is 5.78. The van der Waals surface area contributed by atoms with Crippen LogP contribution in [0.25, 0.3) is 0 Å². The number of carbonyl (C=O) groups is 2. The number of nitrogens with one attached hydrogen (secondary N) is 1. The van der Waals surface area contributed by atoms with Gasteiger partial charge in [-0.05, 0) is 54.8 Å². The van der Waals surface area contributed by atoms with Gasteiger partial charge in [0.1, 0.15) is 11.8 Å². The number of halogens is 3. The number of hydrogen-bond acceptors (Lipinski definition) is 3. The Morgan fingerprint density at radius 2 is 1.58 bits per heavy atom. The van der Waals surface area contributed by atoms with Crippen molar-refractivity contribution < 1.29 is 14.3 Å². The zero-order valence-corrected chi connectivity index (χ0v) is 22.5. The van der Waals surface area contributed by atoms with Gasteiger partial charge in [0, 0.05) is 29.1 Å². The maximum atomic E-state index is 13.6. The van der Waals surface area contributed by atoms with Crippen LogP contribution in [0.3, 0.4) is 0 Å². The SMILES string of the molecule is CC[C@@H](C)NC(=O)[C@H](Cc1ccccc1)N(Cc1ccc(Cl)cc1)C(=O)COc1ccc(Cl)cc1Cl. The van der Waals surface area contributed by atoms with Crippen molar-refractivity contribution in [3.05, 3.63) is 99.0 Å². The molecule has 0 fully saturated rings. The van der Waals surface area contributed by atoms with E-state index in [-0.39, 0.29) is 31.0 Å². The van der Waals surface area contributed by atoms with E-state index in [9.17, 15) is 9.59 Å². The standard InChI is InChI=1S/C28H29Cl3N2O3/c1-3-19(2)32-28(35)25(15-20-7-5-4-6-8-20)33(17-21-9-11-22(29)12-10-21)27(34)18-36-26-14-13-23(30)16-24(26)31/h4-14,16,19,25H,3,15,17-18H2,1-2H3,(H,32,35)/t19-,25+/m1/s1. The van der Waals surface area contributed by atoms with Crippen LogP contribution in [0.15, 0.2) is 72.8 Å². The molecule has 0 saturated heterocycles. The molecule has 0 spiro atoms. The number of ether oxygens (including phenoxy) is 1. The molecule has 0 heterocycles. The van der Waals surface area contributed by atoms with Crippen molar-refractivity contribution in [3.8, 4) is 5.75 Å². The molecule has 0 unspecified atom stereocenters. The van der Waals surface area contributed by atoms with E-state index in [0.29, 0.717) is 27.2 Å². The van der Waals surface area contributed by atoms with Crippen molar-refractivity contribution >= 4 is 46.6 Å². The minimum atomic E-state index is -0.756. The number of carbonyl (C=O) groups excluding carboxylic acids is 2. The number of amides is 2. The van der Waals surface area contributed by atoms with E-state index in [2.05, 4.69) is 5.32 Å². The summed E-state index contributed by atoms with van der Waals surface area (Å²) in [6.07, 6.45) is 1.12. The van der Waals surface area contributed by atoms with Gasteiger partial charge in [0.15, 0.2) is 6.61 Å². The van der Waals surface area contributed by atoms with Crippen molar-refractivity contribution in [2.75, 3.05) is 6.61 Å². The lowest BCUT2D eigenvalue weighted by molar-refractivity contribution is -0.143. The Balaban J connectivity index is 1.91. The summed E-state index contributed by atoms with van der Waals surface area (Å²) in [7, 11) is 0. The number of nitrogens with zero attached hydrogens (tertiary/aromatic N) is 1. The molecule has 190 valence electrons. The highest BCUT2D eigenvalue weighted by molar-refractivity contribution is 6.35. The summed E-state index contributed by atoms with van der Waals surface area (Å²) in [4.78, 5) is 28.6. The maximum absolute atomic E-state index is 13.6. The van der Waals surface area contributed by atoms with E-state index in [0.717, 1.165) is 17.5 Å². The topological polar surface area (TPSA) is 58.6 Å². The van der Waals surface area contributed by atoms with Gasteiger partial charge in [0.2, 0.25) is 5.91 Å². The predicted octanol–water partition coefficient (Wildman–Crippen LogP) is 6.58. The highest BCUT2D eigenvalue weighted by atomic mass is 35.5. The van der Waals surface area contributed by atoms with E-state index in [1.54, 1.807) is 35.2 Å². The highest BCUT2D eigenvalue weighted by Crippen LogP contribution is 2.27. The first-order valence-electron chi connectivity index (χ1n) is 11.7. The first kappa shape index (κ1) is 27.9. The molecule has 1 N–H and O–H groups in total. The lowest BCUT2D eigenvalue weighted by Crippen LogP contribution is -2.53. The molecule has 3 aromatic rings. The minimum Gasteiger partial charge on any atom is -0.482 e. The smallest absolute Gasteiger partial charge is 0.261 e. The number of rotatable bonds is 11. The van der Waals surface area contributed by atoms with Crippen LogP contribution in [-0.2, 0) is 22.6 Å². The number of hydrogen-bond donors (Lipinski definition) is 1. The van der Waals surface area contributed by atoms with Crippen molar-refractivity contribution in [2.45, 2.75) is 45.3 Å². The summed E-state index contributed by atoms with van der Waals surface area (Å²) in [6.45, 7) is 3.85. The van der Waals surface area contributed by atoms with Crippen LogP contribution in [0.5, 0.6) is 5.75 Å². The van der Waals surface area contributed by atoms with Gasteiger partial charge in [0.05, 0.1) is 5.02 Å². The van der Waals surface area contributed by atoms with Gasteiger partial charge in [-0.25, -0.2) is 0 Å². The molecule has 0 saturated carbocycles. The van der Waals surface area contributed by atoms with Gasteiger partial charge in [-0.2, -0.15) is 0 Å². The normalized spacial score (nSPS) is 12.5. The van der Waals surface area contributed by atoms with Crippen molar-refractivity contribution in [2.24, 2.45) is 0 Å². The highest BCUT2D eigenvalue weighted by Gasteiger charge is 2.31. The van der Waals surface area contributed by atoms with Gasteiger partial charge in [-0.3, -0.25) is 9.59 Å². The van der Waals surface area contributed by atoms with Crippen LogP contribution < -0.4 is 10.1 Å². The van der Waals surface area contributed by atoms with Gasteiger partial charge >= 0.3 is 0 Å². The van der Waals surface area contributed by atoms with Crippen LogP contribution in [0.1, 0.15) is 31.4 Å². The van der Waals surface area contributed by atoms with Crippen LogP contribution in [0.4, 0.5) is 0 Å². The molecule has 0 aliphatic carbocycles. The first-order chi connectivity index (χ1) is 17.3. The fraction of sp³-hybridized carbons (Fsp3) is 0.286. The number of benzene rings is 3. The van der Waals surface area contributed by atoms with Crippen molar-refractivity contribution in [3.63, 3.8) is 0 Å². The van der Waals surface area contributed by atoms with Gasteiger partial charge in [-0.1, -0.05) is 84.2 Å². The summed E-state index contributed by atoms with van der Waals surface area (Å²) >= 11 is 18.3. The first-order valence-corrected chi connectivity index (χ1v) is 12.9. The second-order valence-corrected chi connectivity index (χ2v) is 9.82. The van der Waals surface area contributed by atoms with E-state index in [1.807, 2.05) is 56.3 Å². The molecule has 36 heavy (non-hydrogen) atoms. The minimum absolute atomic E-state index is 0.0348. The monoisotopic (exact) mass is 546 g/mol. The predicted molar refractivity (Wildman–Crippen MR) is 146 cm³/mol. The fourth-order valence-corrected chi connectivity index (χ4v) is 4.19. The molecule has 0 radical (unpaired) electrons. The largest absolute Gasteiger partial charge is 0.482 e. The zero-order valence-electron chi connectivity index (χ0n) is 20.2. The Kier molecular flexibility index (Phi) is 10.5. The van der Waals surface area contributed by atoms with Crippen LogP contribution in [0, 0.1) is 0 Å². The Labute approximate surface area is 227 Å².